The Morgan fingerprint density at radius 2 is 1.67 bits per heavy atom. The van der Waals surface area contributed by atoms with Crippen LogP contribution in [0.2, 0.25) is 0 Å². The number of likely N-dealkylation sites (tertiary alicyclic amines) is 1. The summed E-state index contributed by atoms with van der Waals surface area (Å²) in [6, 6.07) is 9.43. The quantitative estimate of drug-likeness (QED) is 0.589. The Hall–Kier alpha value is -3.07. The summed E-state index contributed by atoms with van der Waals surface area (Å²) in [5.41, 5.74) is 0.773. The van der Waals surface area contributed by atoms with Crippen LogP contribution < -0.4 is 0 Å². The van der Waals surface area contributed by atoms with Gasteiger partial charge in [0, 0.05) is 24.6 Å². The van der Waals surface area contributed by atoms with Crippen molar-refractivity contribution in [3.05, 3.63) is 47.6 Å². The first-order chi connectivity index (χ1) is 12.9. The third-order valence-corrected chi connectivity index (χ3v) is 4.35. The van der Waals surface area contributed by atoms with Crippen molar-refractivity contribution in [2.45, 2.75) is 24.7 Å². The number of rotatable bonds is 5. The zero-order valence-corrected chi connectivity index (χ0v) is 14.4. The van der Waals surface area contributed by atoms with Gasteiger partial charge in [-0.25, -0.2) is 9.59 Å². The number of nitrogens with zero attached hydrogens (tertiary/aromatic N) is 3. The number of carboxylic acids is 2. The molecule has 0 amide bonds. The first kappa shape index (κ1) is 18.7. The van der Waals surface area contributed by atoms with E-state index in [2.05, 4.69) is 15.0 Å². The fourth-order valence-electron chi connectivity index (χ4n) is 2.69. The highest BCUT2D eigenvalue weighted by molar-refractivity contribution is 6.27. The van der Waals surface area contributed by atoms with E-state index in [0.717, 1.165) is 30.4 Å². The molecule has 9 heteroatoms. The minimum Gasteiger partial charge on any atom is -0.473 e. The van der Waals surface area contributed by atoms with Gasteiger partial charge in [0.15, 0.2) is 11.6 Å². The van der Waals surface area contributed by atoms with Crippen molar-refractivity contribution in [1.29, 1.82) is 0 Å². The van der Waals surface area contributed by atoms with Gasteiger partial charge < -0.3 is 14.7 Å². The fourth-order valence-corrected chi connectivity index (χ4v) is 2.69. The molecule has 1 saturated carbocycles. The Kier molecular flexibility index (Phi) is 5.60. The topological polar surface area (TPSA) is 134 Å². The molecule has 0 bridgehead atoms. The second-order valence-electron chi connectivity index (χ2n) is 6.56. The van der Waals surface area contributed by atoms with E-state index in [1.165, 1.54) is 12.8 Å². The number of benzene rings is 1. The van der Waals surface area contributed by atoms with Gasteiger partial charge in [-0.1, -0.05) is 35.5 Å². The zero-order valence-electron chi connectivity index (χ0n) is 14.4. The largest absolute Gasteiger partial charge is 0.473 e. The van der Waals surface area contributed by atoms with Crippen molar-refractivity contribution in [2.75, 3.05) is 19.6 Å². The minimum absolute atomic E-state index is 0.165. The second kappa shape index (κ2) is 8.09. The molecule has 0 atom stereocenters. The van der Waals surface area contributed by atoms with E-state index in [1.807, 2.05) is 30.3 Å². The first-order valence-electron chi connectivity index (χ1n) is 8.54. The fraction of sp³-hybridized carbons (Fsp3) is 0.389. The maximum absolute atomic E-state index is 12.1. The maximum atomic E-state index is 12.1. The third-order valence-electron chi connectivity index (χ3n) is 4.35. The monoisotopic (exact) mass is 373 g/mol. The van der Waals surface area contributed by atoms with Crippen LogP contribution in [0.3, 0.4) is 0 Å². The Morgan fingerprint density at radius 3 is 2.22 bits per heavy atom. The number of aliphatic carboxylic acids is 2. The lowest BCUT2D eigenvalue weighted by atomic mass is 9.99. The third kappa shape index (κ3) is 4.98. The van der Waals surface area contributed by atoms with Gasteiger partial charge in [-0.05, 0) is 12.8 Å². The molecule has 142 valence electrons. The molecule has 1 aliphatic heterocycles. The number of carbonyl (C=O) groups excluding carboxylic acids is 1. The average molecular weight is 373 g/mol. The molecule has 1 aromatic heterocycles. The summed E-state index contributed by atoms with van der Waals surface area (Å²) in [5, 5.41) is 18.8. The summed E-state index contributed by atoms with van der Waals surface area (Å²) in [6.07, 6.45) is 2.36. The van der Waals surface area contributed by atoms with Crippen LogP contribution in [0.1, 0.15) is 46.8 Å². The van der Waals surface area contributed by atoms with Gasteiger partial charge in [-0.15, -0.1) is 0 Å². The Balaban J connectivity index is 0.000000307. The molecule has 2 aliphatic rings. The minimum atomic E-state index is -1.82. The molecule has 2 aromatic rings. The van der Waals surface area contributed by atoms with Gasteiger partial charge in [-0.2, -0.15) is 4.98 Å². The lowest BCUT2D eigenvalue weighted by molar-refractivity contribution is -0.159. The smallest absolute Gasteiger partial charge is 0.414 e. The first-order valence-corrected chi connectivity index (χ1v) is 8.54. The molecule has 2 fully saturated rings. The normalized spacial score (nSPS) is 16.7. The maximum Gasteiger partial charge on any atom is 0.414 e. The van der Waals surface area contributed by atoms with Gasteiger partial charge in [0.25, 0.3) is 0 Å². The number of ketones is 1. The Labute approximate surface area is 154 Å². The van der Waals surface area contributed by atoms with Crippen molar-refractivity contribution in [2.24, 2.45) is 0 Å². The van der Waals surface area contributed by atoms with Crippen LogP contribution in [0.4, 0.5) is 0 Å². The summed E-state index contributed by atoms with van der Waals surface area (Å²) >= 11 is 0. The predicted molar refractivity (Wildman–Crippen MR) is 91.5 cm³/mol. The Morgan fingerprint density at radius 1 is 1.04 bits per heavy atom. The lowest BCUT2D eigenvalue weighted by Crippen LogP contribution is -2.47. The van der Waals surface area contributed by atoms with Crippen molar-refractivity contribution in [1.82, 2.24) is 15.0 Å². The van der Waals surface area contributed by atoms with E-state index in [1.54, 1.807) is 0 Å². The number of Topliss-reactive ketones (excluding diaryl/α,β-unsaturated/α-hetero) is 1. The molecule has 0 spiro atoms. The van der Waals surface area contributed by atoms with Crippen LogP contribution >= 0.6 is 0 Å². The number of carbonyl (C=O) groups is 3. The number of carboxylic acid groups (broad SMARTS) is 2. The van der Waals surface area contributed by atoms with Crippen molar-refractivity contribution < 1.29 is 29.1 Å². The van der Waals surface area contributed by atoms with Crippen LogP contribution in [-0.2, 0) is 9.59 Å². The van der Waals surface area contributed by atoms with Crippen LogP contribution in [0.15, 0.2) is 34.9 Å². The molecule has 4 rings (SSSR count). The summed E-state index contributed by atoms with van der Waals surface area (Å²) in [4.78, 5) is 36.9. The number of hydrogen-bond donors (Lipinski definition) is 2. The molecule has 2 heterocycles. The van der Waals surface area contributed by atoms with Gasteiger partial charge in [-0.3, -0.25) is 9.69 Å². The SMILES string of the molecule is O=C(CN1CC(c2nc(C3CC3)no2)C1)c1ccccc1.O=C(O)C(=O)O. The van der Waals surface area contributed by atoms with Crippen LogP contribution in [0, 0.1) is 0 Å². The molecule has 1 aliphatic carbocycles. The summed E-state index contributed by atoms with van der Waals surface area (Å²) < 4.78 is 5.34. The van der Waals surface area contributed by atoms with Crippen LogP contribution in [-0.4, -0.2) is 62.6 Å². The van der Waals surface area contributed by atoms with E-state index in [9.17, 15) is 4.79 Å². The van der Waals surface area contributed by atoms with E-state index in [4.69, 9.17) is 24.3 Å². The van der Waals surface area contributed by atoms with E-state index in [-0.39, 0.29) is 11.7 Å². The molecule has 9 nitrogen and oxygen atoms in total. The summed E-state index contributed by atoms with van der Waals surface area (Å²) in [5.74, 6) is -1.07. The molecule has 2 N–H and O–H groups in total. The molecule has 1 saturated heterocycles. The highest BCUT2D eigenvalue weighted by Gasteiger charge is 2.35. The van der Waals surface area contributed by atoms with Gasteiger partial charge in [0.05, 0.1) is 12.5 Å². The summed E-state index contributed by atoms with van der Waals surface area (Å²) in [7, 11) is 0. The van der Waals surface area contributed by atoms with E-state index in [0.29, 0.717) is 12.5 Å². The van der Waals surface area contributed by atoms with E-state index < -0.39 is 11.9 Å². The van der Waals surface area contributed by atoms with Crippen LogP contribution in [0.5, 0.6) is 0 Å². The average Bonchev–Trinajstić information content (AvgIpc) is 3.37. The molecule has 1 aromatic carbocycles. The number of aromatic nitrogens is 2. The van der Waals surface area contributed by atoms with Gasteiger partial charge in [0.1, 0.15) is 0 Å². The van der Waals surface area contributed by atoms with Crippen LogP contribution in [0.25, 0.3) is 0 Å². The molecular formula is C18H19N3O6. The second-order valence-corrected chi connectivity index (χ2v) is 6.56. The van der Waals surface area contributed by atoms with E-state index >= 15 is 0 Å². The highest BCUT2D eigenvalue weighted by atomic mass is 16.5. The predicted octanol–water partition coefficient (Wildman–Crippen LogP) is 1.38. The molecule has 0 radical (unpaired) electrons. The van der Waals surface area contributed by atoms with Gasteiger partial charge in [0.2, 0.25) is 5.89 Å². The standard InChI is InChI=1S/C16H17N3O2.C2H2O4/c20-14(11-4-2-1-3-5-11)10-19-8-13(9-19)16-17-15(18-21-16)12-6-7-12;3-1(4)2(5)6/h1-5,12-13H,6-10H2;(H,3,4)(H,5,6). The molecule has 27 heavy (non-hydrogen) atoms. The van der Waals surface area contributed by atoms with Gasteiger partial charge >= 0.3 is 11.9 Å². The molecule has 0 unspecified atom stereocenters. The van der Waals surface area contributed by atoms with Crippen molar-refractivity contribution in [3.63, 3.8) is 0 Å². The zero-order chi connectivity index (χ0) is 19.4. The number of hydrogen-bond acceptors (Lipinski definition) is 7. The highest BCUT2D eigenvalue weighted by Crippen LogP contribution is 2.39. The molecular weight excluding hydrogens is 354 g/mol. The Bertz CT molecular complexity index is 813. The van der Waals surface area contributed by atoms with Crippen molar-refractivity contribution >= 4 is 17.7 Å². The summed E-state index contributed by atoms with van der Waals surface area (Å²) in [6.45, 7) is 2.11. The van der Waals surface area contributed by atoms with Crippen molar-refractivity contribution in [3.8, 4) is 0 Å². The lowest BCUT2D eigenvalue weighted by Gasteiger charge is -2.36.